The zero-order chi connectivity index (χ0) is 21.3. The highest BCUT2D eigenvalue weighted by Gasteiger charge is 2.25. The Morgan fingerprint density at radius 3 is 2.67 bits per heavy atom. The van der Waals surface area contributed by atoms with Crippen molar-refractivity contribution in [3.8, 4) is 5.75 Å². The topological polar surface area (TPSA) is 42.4 Å². The van der Waals surface area contributed by atoms with Gasteiger partial charge in [-0.1, -0.05) is 75.3 Å². The SMILES string of the molecule is COc1ccc(C)c2sc(N(Cc3ccccc3)C(=O)c3cc(Br)ccc3Cl)nc12. The molecule has 0 radical (unpaired) electrons. The first-order valence-electron chi connectivity index (χ1n) is 9.23. The lowest BCUT2D eigenvalue weighted by Crippen LogP contribution is -2.30. The number of thiazole rings is 1. The number of benzene rings is 3. The van der Waals surface area contributed by atoms with Crippen molar-refractivity contribution >= 4 is 60.1 Å². The van der Waals surface area contributed by atoms with E-state index in [0.717, 1.165) is 25.8 Å². The summed E-state index contributed by atoms with van der Waals surface area (Å²) in [4.78, 5) is 20.1. The van der Waals surface area contributed by atoms with Gasteiger partial charge in [0.15, 0.2) is 5.13 Å². The van der Waals surface area contributed by atoms with Gasteiger partial charge in [0.05, 0.1) is 28.9 Å². The van der Waals surface area contributed by atoms with Gasteiger partial charge in [-0.3, -0.25) is 9.69 Å². The minimum absolute atomic E-state index is 0.208. The number of hydrogen-bond acceptors (Lipinski definition) is 4. The molecule has 0 saturated heterocycles. The number of carbonyl (C=O) groups excluding carboxylic acids is 1. The van der Waals surface area contributed by atoms with Crippen LogP contribution in [0.4, 0.5) is 5.13 Å². The van der Waals surface area contributed by atoms with Crippen LogP contribution in [0.3, 0.4) is 0 Å². The molecule has 0 unspecified atom stereocenters. The fraction of sp³-hybridized carbons (Fsp3) is 0.130. The predicted octanol–water partition coefficient (Wildman–Crippen LogP) is 6.88. The van der Waals surface area contributed by atoms with Crippen LogP contribution < -0.4 is 9.64 Å². The molecule has 0 bridgehead atoms. The van der Waals surface area contributed by atoms with Crippen LogP contribution in [0.5, 0.6) is 5.75 Å². The number of aryl methyl sites for hydroxylation is 1. The first kappa shape index (κ1) is 20.8. The third kappa shape index (κ3) is 4.08. The van der Waals surface area contributed by atoms with Gasteiger partial charge in [-0.25, -0.2) is 4.98 Å². The van der Waals surface area contributed by atoms with E-state index in [-0.39, 0.29) is 5.91 Å². The highest BCUT2D eigenvalue weighted by atomic mass is 79.9. The minimum Gasteiger partial charge on any atom is -0.494 e. The lowest BCUT2D eigenvalue weighted by Gasteiger charge is -2.21. The van der Waals surface area contributed by atoms with Gasteiger partial charge in [-0.2, -0.15) is 0 Å². The van der Waals surface area contributed by atoms with E-state index in [1.807, 2.05) is 55.5 Å². The third-order valence-corrected chi connectivity index (χ3v) is 6.77. The molecule has 1 heterocycles. The highest BCUT2D eigenvalue weighted by Crippen LogP contribution is 2.38. The molecule has 3 aromatic carbocycles. The predicted molar refractivity (Wildman–Crippen MR) is 127 cm³/mol. The van der Waals surface area contributed by atoms with Gasteiger partial charge >= 0.3 is 0 Å². The Balaban J connectivity index is 1.85. The van der Waals surface area contributed by atoms with Crippen molar-refractivity contribution in [1.82, 2.24) is 4.98 Å². The smallest absolute Gasteiger partial charge is 0.261 e. The van der Waals surface area contributed by atoms with Crippen molar-refractivity contribution in [3.63, 3.8) is 0 Å². The summed E-state index contributed by atoms with van der Waals surface area (Å²) in [6, 6.07) is 19.0. The second kappa shape index (κ2) is 8.76. The molecule has 4 rings (SSSR count). The van der Waals surface area contributed by atoms with Gasteiger partial charge in [0.25, 0.3) is 5.91 Å². The molecule has 0 aliphatic heterocycles. The van der Waals surface area contributed by atoms with Crippen LogP contribution in [0.15, 0.2) is 65.1 Å². The van der Waals surface area contributed by atoms with E-state index >= 15 is 0 Å². The number of aromatic nitrogens is 1. The molecule has 1 amide bonds. The number of rotatable bonds is 5. The third-order valence-electron chi connectivity index (χ3n) is 4.73. The number of amides is 1. The maximum Gasteiger partial charge on any atom is 0.261 e. The summed E-state index contributed by atoms with van der Waals surface area (Å²) in [7, 11) is 1.62. The van der Waals surface area contributed by atoms with E-state index in [0.29, 0.717) is 28.0 Å². The zero-order valence-electron chi connectivity index (χ0n) is 16.4. The van der Waals surface area contributed by atoms with Crippen LogP contribution >= 0.6 is 38.9 Å². The molecule has 30 heavy (non-hydrogen) atoms. The van der Waals surface area contributed by atoms with Crippen molar-refractivity contribution < 1.29 is 9.53 Å². The van der Waals surface area contributed by atoms with E-state index < -0.39 is 0 Å². The van der Waals surface area contributed by atoms with E-state index in [9.17, 15) is 4.79 Å². The summed E-state index contributed by atoms with van der Waals surface area (Å²) in [5.41, 5.74) is 3.26. The standard InChI is InChI=1S/C23H18BrClN2O2S/c1-14-8-11-19(29-2)20-21(14)30-23(26-20)27(13-15-6-4-3-5-7-15)22(28)17-12-16(24)9-10-18(17)25/h3-12H,13H2,1-2H3. The quantitative estimate of drug-likeness (QED) is 0.299. The Hall–Kier alpha value is -2.41. The monoisotopic (exact) mass is 500 g/mol. The van der Waals surface area contributed by atoms with Crippen LogP contribution in [-0.2, 0) is 6.54 Å². The summed E-state index contributed by atoms with van der Waals surface area (Å²) < 4.78 is 7.27. The molecule has 1 aromatic heterocycles. The number of fused-ring (bicyclic) bond motifs is 1. The van der Waals surface area contributed by atoms with Crippen LogP contribution in [0.25, 0.3) is 10.2 Å². The number of ether oxygens (including phenoxy) is 1. The number of methoxy groups -OCH3 is 1. The molecule has 152 valence electrons. The van der Waals surface area contributed by atoms with Crippen molar-refractivity contribution in [3.05, 3.63) is 86.8 Å². The molecule has 4 aromatic rings. The molecular weight excluding hydrogens is 484 g/mol. The molecule has 4 nitrogen and oxygen atoms in total. The molecular formula is C23H18BrClN2O2S. The second-order valence-electron chi connectivity index (χ2n) is 6.76. The van der Waals surface area contributed by atoms with Gasteiger partial charge < -0.3 is 4.74 Å². The molecule has 0 saturated carbocycles. The second-order valence-corrected chi connectivity index (χ2v) is 9.06. The Kier molecular flexibility index (Phi) is 6.09. The van der Waals surface area contributed by atoms with Gasteiger partial charge in [-0.15, -0.1) is 0 Å². The highest BCUT2D eigenvalue weighted by molar-refractivity contribution is 9.10. The largest absolute Gasteiger partial charge is 0.494 e. The number of anilines is 1. The lowest BCUT2D eigenvalue weighted by molar-refractivity contribution is 0.0985. The average Bonchev–Trinajstić information content (AvgIpc) is 3.20. The van der Waals surface area contributed by atoms with Crippen molar-refractivity contribution in [1.29, 1.82) is 0 Å². The van der Waals surface area contributed by atoms with Crippen molar-refractivity contribution in [2.45, 2.75) is 13.5 Å². The van der Waals surface area contributed by atoms with Gasteiger partial charge in [0.1, 0.15) is 11.3 Å². The van der Waals surface area contributed by atoms with Crippen LogP contribution in [0.2, 0.25) is 5.02 Å². The number of nitrogens with zero attached hydrogens (tertiary/aromatic N) is 2. The summed E-state index contributed by atoms with van der Waals surface area (Å²) in [6.45, 7) is 2.40. The van der Waals surface area contributed by atoms with E-state index in [4.69, 9.17) is 21.3 Å². The molecule has 0 N–H and O–H groups in total. The molecule has 0 aliphatic carbocycles. The summed E-state index contributed by atoms with van der Waals surface area (Å²) in [6.07, 6.45) is 0. The molecule has 0 aliphatic rings. The molecule has 7 heteroatoms. The maximum atomic E-state index is 13.6. The normalized spacial score (nSPS) is 10.9. The van der Waals surface area contributed by atoms with Gasteiger partial charge in [0, 0.05) is 4.47 Å². The summed E-state index contributed by atoms with van der Waals surface area (Å²) in [5, 5.41) is 0.999. The van der Waals surface area contributed by atoms with Crippen molar-refractivity contribution in [2.75, 3.05) is 12.0 Å². The Morgan fingerprint density at radius 1 is 1.17 bits per heavy atom. The van der Waals surface area contributed by atoms with Crippen molar-refractivity contribution in [2.24, 2.45) is 0 Å². The van der Waals surface area contributed by atoms with Crippen LogP contribution in [0.1, 0.15) is 21.5 Å². The Bertz CT molecular complexity index is 1230. The Morgan fingerprint density at radius 2 is 1.93 bits per heavy atom. The van der Waals surface area contributed by atoms with Gasteiger partial charge in [0.2, 0.25) is 0 Å². The molecule has 0 spiro atoms. The minimum atomic E-state index is -0.208. The lowest BCUT2D eigenvalue weighted by atomic mass is 10.1. The summed E-state index contributed by atoms with van der Waals surface area (Å²) in [5.74, 6) is 0.478. The number of carbonyl (C=O) groups is 1. The average molecular weight is 502 g/mol. The number of halogens is 2. The first-order valence-corrected chi connectivity index (χ1v) is 11.2. The maximum absolute atomic E-state index is 13.6. The first-order chi connectivity index (χ1) is 14.5. The fourth-order valence-electron chi connectivity index (χ4n) is 3.18. The van der Waals surface area contributed by atoms with Crippen LogP contribution in [-0.4, -0.2) is 18.0 Å². The van der Waals surface area contributed by atoms with E-state index in [1.54, 1.807) is 24.1 Å². The van der Waals surface area contributed by atoms with Crippen LogP contribution in [0, 0.1) is 6.92 Å². The number of hydrogen-bond donors (Lipinski definition) is 0. The Labute approximate surface area is 192 Å². The zero-order valence-corrected chi connectivity index (χ0v) is 19.5. The molecule has 0 fully saturated rings. The summed E-state index contributed by atoms with van der Waals surface area (Å²) >= 11 is 11.3. The van der Waals surface area contributed by atoms with E-state index in [2.05, 4.69) is 15.9 Å². The van der Waals surface area contributed by atoms with Gasteiger partial charge in [-0.05, 0) is 42.3 Å². The molecule has 0 atom stereocenters. The van der Waals surface area contributed by atoms with E-state index in [1.165, 1.54) is 11.3 Å². The fourth-order valence-corrected chi connectivity index (χ4v) is 4.79.